The predicted octanol–water partition coefficient (Wildman–Crippen LogP) is 4.00. The lowest BCUT2D eigenvalue weighted by atomic mass is 10.1. The van der Waals surface area contributed by atoms with Crippen molar-refractivity contribution in [1.29, 1.82) is 5.26 Å². The molecule has 0 aliphatic carbocycles. The van der Waals surface area contributed by atoms with Crippen molar-refractivity contribution in [2.24, 2.45) is 7.05 Å². The van der Waals surface area contributed by atoms with Gasteiger partial charge in [0.05, 0.1) is 11.4 Å². The Balaban J connectivity index is 1.50. The minimum absolute atomic E-state index is 0.121. The monoisotopic (exact) mass is 465 g/mol. The summed E-state index contributed by atoms with van der Waals surface area (Å²) in [5.41, 5.74) is 2.52. The van der Waals surface area contributed by atoms with Gasteiger partial charge in [0.1, 0.15) is 29.7 Å². The summed E-state index contributed by atoms with van der Waals surface area (Å²) in [4.78, 5) is 29.8. The Hall–Kier alpha value is -4.90. The highest BCUT2D eigenvalue weighted by atomic mass is 16.5. The molecule has 0 saturated carbocycles. The molecular formula is C27H23N5O3. The van der Waals surface area contributed by atoms with Crippen molar-refractivity contribution in [3.8, 4) is 17.5 Å². The standard InChI is InChI=1S/C27H23N5O3/c1-19-25(27(34)32(31(19)2)23-6-4-3-5-7-23)30-26(33)22(17-28)16-20-8-10-24(11-9-20)35-18-21-12-14-29-15-13-21/h3-16H,18H2,1-2H3,(H,30,33)/b22-16-. The van der Waals surface area contributed by atoms with Gasteiger partial charge in [0.15, 0.2) is 0 Å². The number of nitriles is 1. The Labute approximate surface area is 202 Å². The first-order chi connectivity index (χ1) is 17.0. The van der Waals surface area contributed by atoms with Crippen LogP contribution in [0.4, 0.5) is 5.69 Å². The molecule has 1 N–H and O–H groups in total. The normalized spacial score (nSPS) is 11.1. The molecule has 35 heavy (non-hydrogen) atoms. The summed E-state index contributed by atoms with van der Waals surface area (Å²) < 4.78 is 8.87. The lowest BCUT2D eigenvalue weighted by Crippen LogP contribution is -2.23. The molecule has 8 heteroatoms. The van der Waals surface area contributed by atoms with Crippen LogP contribution in [0.25, 0.3) is 11.8 Å². The molecule has 8 nitrogen and oxygen atoms in total. The average Bonchev–Trinajstić information content (AvgIpc) is 3.10. The molecular weight excluding hydrogens is 442 g/mol. The number of aromatic nitrogens is 3. The van der Waals surface area contributed by atoms with Gasteiger partial charge >= 0.3 is 0 Å². The van der Waals surface area contributed by atoms with Crippen LogP contribution in [0.1, 0.15) is 16.8 Å². The maximum atomic E-state index is 13.0. The Kier molecular flexibility index (Phi) is 6.88. The number of nitrogens with zero attached hydrogens (tertiary/aromatic N) is 4. The fourth-order valence-corrected chi connectivity index (χ4v) is 3.51. The molecule has 2 aromatic heterocycles. The van der Waals surface area contributed by atoms with E-state index in [0.717, 1.165) is 5.56 Å². The van der Waals surface area contributed by atoms with Gasteiger partial charge in [0.2, 0.25) is 0 Å². The number of hydrogen-bond donors (Lipinski definition) is 1. The van der Waals surface area contributed by atoms with Crippen LogP contribution in [0.2, 0.25) is 0 Å². The first-order valence-corrected chi connectivity index (χ1v) is 10.9. The van der Waals surface area contributed by atoms with Gasteiger partial charge in [-0.15, -0.1) is 0 Å². The second-order valence-electron chi connectivity index (χ2n) is 7.77. The summed E-state index contributed by atoms with van der Waals surface area (Å²) in [5.74, 6) is -0.000167. The number of rotatable bonds is 7. The zero-order valence-corrected chi connectivity index (χ0v) is 19.3. The minimum Gasteiger partial charge on any atom is -0.489 e. The van der Waals surface area contributed by atoms with Crippen molar-refractivity contribution in [3.05, 3.63) is 112 Å². The van der Waals surface area contributed by atoms with E-state index in [1.165, 1.54) is 10.8 Å². The number of pyridine rings is 1. The van der Waals surface area contributed by atoms with E-state index in [1.807, 2.05) is 36.4 Å². The van der Waals surface area contributed by atoms with Crippen molar-refractivity contribution in [3.63, 3.8) is 0 Å². The van der Waals surface area contributed by atoms with Crippen LogP contribution in [-0.2, 0) is 18.4 Å². The molecule has 174 valence electrons. The third kappa shape index (κ3) is 5.20. The van der Waals surface area contributed by atoms with E-state index in [0.29, 0.717) is 29.3 Å². The van der Waals surface area contributed by atoms with Crippen LogP contribution in [0.3, 0.4) is 0 Å². The van der Waals surface area contributed by atoms with Crippen molar-refractivity contribution < 1.29 is 9.53 Å². The largest absolute Gasteiger partial charge is 0.489 e. The second kappa shape index (κ2) is 10.4. The number of anilines is 1. The molecule has 2 heterocycles. The maximum absolute atomic E-state index is 13.0. The highest BCUT2D eigenvalue weighted by Gasteiger charge is 2.19. The lowest BCUT2D eigenvalue weighted by Gasteiger charge is -2.07. The molecule has 0 aliphatic heterocycles. The third-order valence-electron chi connectivity index (χ3n) is 5.50. The van der Waals surface area contributed by atoms with Gasteiger partial charge in [-0.2, -0.15) is 5.26 Å². The van der Waals surface area contributed by atoms with Crippen molar-refractivity contribution >= 4 is 17.7 Å². The van der Waals surface area contributed by atoms with E-state index in [9.17, 15) is 14.9 Å². The van der Waals surface area contributed by atoms with Crippen LogP contribution in [-0.4, -0.2) is 20.3 Å². The van der Waals surface area contributed by atoms with Crippen molar-refractivity contribution in [2.45, 2.75) is 13.5 Å². The third-order valence-corrected chi connectivity index (χ3v) is 5.50. The minimum atomic E-state index is -0.656. The topological polar surface area (TPSA) is 102 Å². The summed E-state index contributed by atoms with van der Waals surface area (Å²) in [6.45, 7) is 2.14. The number of benzene rings is 2. The van der Waals surface area contributed by atoms with E-state index >= 15 is 0 Å². The van der Waals surface area contributed by atoms with Crippen molar-refractivity contribution in [1.82, 2.24) is 14.3 Å². The van der Waals surface area contributed by atoms with Crippen LogP contribution in [0.15, 0.2) is 89.5 Å². The quantitative estimate of drug-likeness (QED) is 0.328. The van der Waals surface area contributed by atoms with Gasteiger partial charge in [-0.05, 0) is 60.5 Å². The van der Waals surface area contributed by atoms with Crippen molar-refractivity contribution in [2.75, 3.05) is 5.32 Å². The maximum Gasteiger partial charge on any atom is 0.295 e. The van der Waals surface area contributed by atoms with Gasteiger partial charge in [-0.3, -0.25) is 19.3 Å². The molecule has 0 unspecified atom stereocenters. The zero-order valence-electron chi connectivity index (χ0n) is 19.3. The summed E-state index contributed by atoms with van der Waals surface area (Å²) in [5, 5.41) is 12.2. The SMILES string of the molecule is Cc1c(NC(=O)/C(C#N)=C\c2ccc(OCc3ccncc3)cc2)c(=O)n(-c2ccccc2)n1C. The summed E-state index contributed by atoms with van der Waals surface area (Å²) in [7, 11) is 1.73. The van der Waals surface area contributed by atoms with Crippen LogP contribution in [0, 0.1) is 18.3 Å². The van der Waals surface area contributed by atoms with Crippen LogP contribution >= 0.6 is 0 Å². The fourth-order valence-electron chi connectivity index (χ4n) is 3.51. The van der Waals surface area contributed by atoms with Gasteiger partial charge in [-0.1, -0.05) is 30.3 Å². The first-order valence-electron chi connectivity index (χ1n) is 10.9. The molecule has 2 aromatic carbocycles. The van der Waals surface area contributed by atoms with E-state index in [4.69, 9.17) is 4.74 Å². The van der Waals surface area contributed by atoms with E-state index in [2.05, 4.69) is 10.3 Å². The summed E-state index contributed by atoms with van der Waals surface area (Å²) in [6.07, 6.45) is 4.87. The molecule has 0 atom stereocenters. The Morgan fingerprint density at radius 2 is 1.77 bits per heavy atom. The smallest absolute Gasteiger partial charge is 0.295 e. The molecule has 4 aromatic rings. The number of amides is 1. The van der Waals surface area contributed by atoms with E-state index in [-0.39, 0.29) is 16.8 Å². The molecule has 0 spiro atoms. The van der Waals surface area contributed by atoms with Gasteiger partial charge < -0.3 is 10.1 Å². The number of nitrogens with one attached hydrogen (secondary N) is 1. The zero-order chi connectivity index (χ0) is 24.8. The molecule has 4 rings (SSSR count). The van der Waals surface area contributed by atoms with Crippen LogP contribution in [0.5, 0.6) is 5.75 Å². The Morgan fingerprint density at radius 1 is 1.09 bits per heavy atom. The molecule has 0 aliphatic rings. The fraction of sp³-hybridized carbons (Fsp3) is 0.111. The highest BCUT2D eigenvalue weighted by Crippen LogP contribution is 2.18. The van der Waals surface area contributed by atoms with Crippen LogP contribution < -0.4 is 15.6 Å². The summed E-state index contributed by atoms with van der Waals surface area (Å²) in [6, 6.07) is 21.8. The van der Waals surface area contributed by atoms with E-state index in [1.54, 1.807) is 67.4 Å². The predicted molar refractivity (Wildman–Crippen MR) is 133 cm³/mol. The van der Waals surface area contributed by atoms with E-state index < -0.39 is 5.91 Å². The highest BCUT2D eigenvalue weighted by molar-refractivity contribution is 6.09. The second-order valence-corrected chi connectivity index (χ2v) is 7.77. The molecule has 0 radical (unpaired) electrons. The summed E-state index contributed by atoms with van der Waals surface area (Å²) >= 11 is 0. The number of hydrogen-bond acceptors (Lipinski definition) is 5. The lowest BCUT2D eigenvalue weighted by molar-refractivity contribution is -0.112. The molecule has 1 amide bonds. The number of carbonyl (C=O) groups is 1. The molecule has 0 bridgehead atoms. The van der Waals surface area contributed by atoms with Gasteiger partial charge in [0.25, 0.3) is 11.5 Å². The number of carbonyl (C=O) groups excluding carboxylic acids is 1. The first kappa shape index (κ1) is 23.3. The average molecular weight is 466 g/mol. The number of para-hydroxylation sites is 1. The van der Waals surface area contributed by atoms with Gasteiger partial charge in [-0.25, -0.2) is 4.68 Å². The Bertz CT molecular complexity index is 1460. The van der Waals surface area contributed by atoms with Gasteiger partial charge in [0, 0.05) is 19.4 Å². The number of ether oxygens (including phenoxy) is 1. The Morgan fingerprint density at radius 3 is 2.43 bits per heavy atom. The molecule has 0 fully saturated rings. The molecule has 0 saturated heterocycles.